The van der Waals surface area contributed by atoms with Crippen molar-refractivity contribution in [3.05, 3.63) is 84.3 Å². The lowest BCUT2D eigenvalue weighted by atomic mass is 10.1. The van der Waals surface area contributed by atoms with Gasteiger partial charge in [0.05, 0.1) is 24.1 Å². The standard InChI is InChI=1S/C21H18N6O3/c1-30-15-9-7-14(8-10-15)17-13-18(24-23-17)21(29)26-25-20(28)16-5-2-3-6-19(16)27-12-4-11-22-27/h2-13H,1H3,(H,23,24)(H,25,28)(H,26,29). The third kappa shape index (κ3) is 3.90. The van der Waals surface area contributed by atoms with Crippen LogP contribution in [0.3, 0.4) is 0 Å². The highest BCUT2D eigenvalue weighted by Crippen LogP contribution is 2.21. The van der Waals surface area contributed by atoms with E-state index in [-0.39, 0.29) is 5.69 Å². The van der Waals surface area contributed by atoms with Gasteiger partial charge >= 0.3 is 0 Å². The lowest BCUT2D eigenvalue weighted by Crippen LogP contribution is -2.42. The number of benzene rings is 2. The van der Waals surface area contributed by atoms with Crippen LogP contribution in [0.4, 0.5) is 0 Å². The van der Waals surface area contributed by atoms with Crippen molar-refractivity contribution in [3.63, 3.8) is 0 Å². The second-order valence-electron chi connectivity index (χ2n) is 6.27. The number of hydrazine groups is 1. The molecular weight excluding hydrogens is 384 g/mol. The maximum Gasteiger partial charge on any atom is 0.287 e. The lowest BCUT2D eigenvalue weighted by Gasteiger charge is -2.10. The molecule has 2 heterocycles. The van der Waals surface area contributed by atoms with Gasteiger partial charge in [-0.2, -0.15) is 10.2 Å². The van der Waals surface area contributed by atoms with E-state index in [4.69, 9.17) is 4.74 Å². The zero-order chi connectivity index (χ0) is 20.9. The van der Waals surface area contributed by atoms with E-state index in [1.54, 1.807) is 72.7 Å². The Bertz CT molecular complexity index is 1170. The van der Waals surface area contributed by atoms with Crippen LogP contribution in [-0.4, -0.2) is 38.9 Å². The first-order valence-electron chi connectivity index (χ1n) is 9.05. The molecule has 9 heteroatoms. The Kier molecular flexibility index (Phi) is 5.25. The highest BCUT2D eigenvalue weighted by Gasteiger charge is 2.15. The first-order chi connectivity index (χ1) is 14.7. The molecule has 30 heavy (non-hydrogen) atoms. The number of carbonyl (C=O) groups is 2. The smallest absolute Gasteiger partial charge is 0.287 e. The number of rotatable bonds is 5. The minimum Gasteiger partial charge on any atom is -0.497 e. The van der Waals surface area contributed by atoms with Crippen LogP contribution >= 0.6 is 0 Å². The zero-order valence-electron chi connectivity index (χ0n) is 16.0. The molecule has 2 aromatic carbocycles. The molecule has 4 aromatic rings. The van der Waals surface area contributed by atoms with Gasteiger partial charge < -0.3 is 4.74 Å². The average Bonchev–Trinajstić information content (AvgIpc) is 3.50. The van der Waals surface area contributed by atoms with Gasteiger partial charge in [0.1, 0.15) is 11.4 Å². The third-order valence-electron chi connectivity index (χ3n) is 4.40. The number of amides is 2. The summed E-state index contributed by atoms with van der Waals surface area (Å²) >= 11 is 0. The molecular formula is C21H18N6O3. The first-order valence-corrected chi connectivity index (χ1v) is 9.05. The second-order valence-corrected chi connectivity index (χ2v) is 6.27. The number of para-hydroxylation sites is 1. The Morgan fingerprint density at radius 1 is 1.00 bits per heavy atom. The van der Waals surface area contributed by atoms with Crippen LogP contribution in [0.25, 0.3) is 16.9 Å². The van der Waals surface area contributed by atoms with Crippen molar-refractivity contribution in [3.8, 4) is 22.7 Å². The quantitative estimate of drug-likeness (QED) is 0.444. The van der Waals surface area contributed by atoms with E-state index in [0.717, 1.165) is 11.3 Å². The monoisotopic (exact) mass is 402 g/mol. The van der Waals surface area contributed by atoms with Gasteiger partial charge in [-0.3, -0.25) is 25.5 Å². The van der Waals surface area contributed by atoms with Gasteiger partial charge in [-0.15, -0.1) is 0 Å². The van der Waals surface area contributed by atoms with Crippen LogP contribution in [0.15, 0.2) is 73.1 Å². The van der Waals surface area contributed by atoms with Crippen molar-refractivity contribution in [1.29, 1.82) is 0 Å². The van der Waals surface area contributed by atoms with Crippen LogP contribution in [0.1, 0.15) is 20.8 Å². The van der Waals surface area contributed by atoms with Crippen molar-refractivity contribution < 1.29 is 14.3 Å². The highest BCUT2D eigenvalue weighted by atomic mass is 16.5. The molecule has 3 N–H and O–H groups in total. The summed E-state index contributed by atoms with van der Waals surface area (Å²) in [4.78, 5) is 25.0. The number of carbonyl (C=O) groups excluding carboxylic acids is 2. The van der Waals surface area contributed by atoms with Crippen molar-refractivity contribution >= 4 is 11.8 Å². The molecule has 0 unspecified atom stereocenters. The van der Waals surface area contributed by atoms with E-state index in [1.807, 2.05) is 12.1 Å². The number of hydrogen-bond donors (Lipinski definition) is 3. The second kappa shape index (κ2) is 8.31. The van der Waals surface area contributed by atoms with Gasteiger partial charge in [0.15, 0.2) is 0 Å². The Morgan fingerprint density at radius 2 is 1.77 bits per heavy atom. The summed E-state index contributed by atoms with van der Waals surface area (Å²) < 4.78 is 6.71. The molecule has 0 fully saturated rings. The molecule has 2 aromatic heterocycles. The van der Waals surface area contributed by atoms with E-state index in [2.05, 4.69) is 26.1 Å². The van der Waals surface area contributed by atoms with Gasteiger partial charge in [0.25, 0.3) is 11.8 Å². The summed E-state index contributed by atoms with van der Waals surface area (Å²) in [6.45, 7) is 0. The lowest BCUT2D eigenvalue weighted by molar-refractivity contribution is 0.0844. The number of methoxy groups -OCH3 is 1. The number of H-pyrrole nitrogens is 1. The topological polar surface area (TPSA) is 114 Å². The largest absolute Gasteiger partial charge is 0.497 e. The molecule has 150 valence electrons. The van der Waals surface area contributed by atoms with Crippen LogP contribution < -0.4 is 15.6 Å². The van der Waals surface area contributed by atoms with Crippen molar-refractivity contribution in [2.45, 2.75) is 0 Å². The SMILES string of the molecule is COc1ccc(-c2cc(C(=O)NNC(=O)c3ccccc3-n3cccn3)[nH]n2)cc1. The molecule has 0 atom stereocenters. The number of hydrogen-bond acceptors (Lipinski definition) is 5. The number of ether oxygens (including phenoxy) is 1. The van der Waals surface area contributed by atoms with Gasteiger partial charge in [0.2, 0.25) is 0 Å². The molecule has 0 saturated heterocycles. The van der Waals surface area contributed by atoms with Crippen molar-refractivity contribution in [1.82, 2.24) is 30.8 Å². The number of aromatic nitrogens is 4. The molecule has 0 aliphatic heterocycles. The molecule has 9 nitrogen and oxygen atoms in total. The number of nitrogens with one attached hydrogen (secondary N) is 3. The summed E-state index contributed by atoms with van der Waals surface area (Å²) in [5.41, 5.74) is 7.40. The van der Waals surface area contributed by atoms with E-state index >= 15 is 0 Å². The van der Waals surface area contributed by atoms with E-state index in [9.17, 15) is 9.59 Å². The molecule has 0 bridgehead atoms. The summed E-state index contributed by atoms with van der Waals surface area (Å²) in [5, 5.41) is 11.0. The van der Waals surface area contributed by atoms with Crippen LogP contribution in [-0.2, 0) is 0 Å². The Morgan fingerprint density at radius 3 is 2.50 bits per heavy atom. The van der Waals surface area contributed by atoms with Crippen LogP contribution in [0.2, 0.25) is 0 Å². The fourth-order valence-electron chi connectivity index (χ4n) is 2.87. The normalized spacial score (nSPS) is 10.4. The molecule has 0 saturated carbocycles. The molecule has 4 rings (SSSR count). The van der Waals surface area contributed by atoms with E-state index in [1.165, 1.54) is 0 Å². The molecule has 0 aliphatic carbocycles. The molecule has 0 spiro atoms. The molecule has 0 aliphatic rings. The summed E-state index contributed by atoms with van der Waals surface area (Å²) in [6, 6.07) is 17.6. The average molecular weight is 402 g/mol. The van der Waals surface area contributed by atoms with Crippen molar-refractivity contribution in [2.75, 3.05) is 7.11 Å². The van der Waals surface area contributed by atoms with E-state index < -0.39 is 11.8 Å². The Hall–Kier alpha value is -4.40. The van der Waals surface area contributed by atoms with Crippen LogP contribution in [0, 0.1) is 0 Å². The third-order valence-corrected chi connectivity index (χ3v) is 4.40. The fourth-order valence-corrected chi connectivity index (χ4v) is 2.87. The van der Waals surface area contributed by atoms with Gasteiger partial charge in [-0.05, 0) is 48.5 Å². The predicted octanol–water partition coefficient (Wildman–Crippen LogP) is 2.35. The number of nitrogens with zero attached hydrogens (tertiary/aromatic N) is 3. The Balaban J connectivity index is 1.43. The zero-order valence-corrected chi connectivity index (χ0v) is 16.0. The molecule has 2 amide bonds. The van der Waals surface area contributed by atoms with E-state index in [0.29, 0.717) is 16.9 Å². The van der Waals surface area contributed by atoms with Gasteiger partial charge in [-0.1, -0.05) is 12.1 Å². The summed E-state index contributed by atoms with van der Waals surface area (Å²) in [7, 11) is 1.59. The minimum absolute atomic E-state index is 0.210. The minimum atomic E-state index is -0.521. The van der Waals surface area contributed by atoms with Crippen LogP contribution in [0.5, 0.6) is 5.75 Å². The maximum atomic E-state index is 12.6. The summed E-state index contributed by atoms with van der Waals surface area (Å²) in [6.07, 6.45) is 3.35. The summed E-state index contributed by atoms with van der Waals surface area (Å²) in [5.74, 6) is -0.262. The maximum absolute atomic E-state index is 12.6. The Labute approximate surface area is 171 Å². The van der Waals surface area contributed by atoms with Crippen molar-refractivity contribution in [2.24, 2.45) is 0 Å². The first kappa shape index (κ1) is 18.9. The number of aromatic amines is 1. The fraction of sp³-hybridized carbons (Fsp3) is 0.0476. The highest BCUT2D eigenvalue weighted by molar-refractivity contribution is 6.00. The predicted molar refractivity (Wildman–Crippen MR) is 109 cm³/mol. The van der Waals surface area contributed by atoms with Gasteiger partial charge in [-0.25, -0.2) is 4.68 Å². The molecule has 0 radical (unpaired) electrons. The van der Waals surface area contributed by atoms with Gasteiger partial charge in [0, 0.05) is 18.0 Å².